The van der Waals surface area contributed by atoms with E-state index in [1.165, 1.54) is 0 Å². The van der Waals surface area contributed by atoms with E-state index in [9.17, 15) is 9.59 Å². The van der Waals surface area contributed by atoms with Gasteiger partial charge in [-0.3, -0.25) is 0 Å². The van der Waals surface area contributed by atoms with Crippen LogP contribution in [0.15, 0.2) is 23.0 Å². The summed E-state index contributed by atoms with van der Waals surface area (Å²) in [6, 6.07) is 0. The van der Waals surface area contributed by atoms with Crippen molar-refractivity contribution in [1.82, 2.24) is 0 Å². The van der Waals surface area contributed by atoms with Gasteiger partial charge in [-0.25, -0.2) is 9.59 Å². The summed E-state index contributed by atoms with van der Waals surface area (Å²) in [4.78, 5) is 21.1. The molecule has 0 aromatic heterocycles. The number of rotatable bonds is 4. The normalized spacial score (nSPS) is 24.8. The Labute approximate surface area is 150 Å². The van der Waals surface area contributed by atoms with Crippen LogP contribution >= 0.6 is 0 Å². The number of hydrogen-bond donors (Lipinski definition) is 8. The largest absolute Gasteiger partial charge is 0.505 e. The fourth-order valence-corrected chi connectivity index (χ4v) is 1.65. The van der Waals surface area contributed by atoms with Crippen molar-refractivity contribution in [1.29, 1.82) is 0 Å². The summed E-state index contributed by atoms with van der Waals surface area (Å²) >= 11 is 0. The Hall–Kier alpha value is -2.02. The van der Waals surface area contributed by atoms with E-state index in [-0.39, 0.29) is 17.1 Å². The minimum absolute atomic E-state index is 0. The maximum absolute atomic E-state index is 10.5. The first-order valence-electron chi connectivity index (χ1n) is 6.39. The van der Waals surface area contributed by atoms with Gasteiger partial charge in [0.05, 0.1) is 13.2 Å². The average Bonchev–Trinajstić information content (AvgIpc) is 2.98. The van der Waals surface area contributed by atoms with Crippen LogP contribution in [0.25, 0.3) is 0 Å². The molecule has 13 heteroatoms. The van der Waals surface area contributed by atoms with Gasteiger partial charge in [0.1, 0.15) is 12.2 Å². The third-order valence-corrected chi connectivity index (χ3v) is 2.95. The van der Waals surface area contributed by atoms with E-state index in [0.29, 0.717) is 0 Å². The molecule has 2 aliphatic rings. The van der Waals surface area contributed by atoms with Crippen molar-refractivity contribution < 1.29 is 77.0 Å². The number of ether oxygens (including phenoxy) is 2. The molecule has 12 nitrogen and oxygen atoms in total. The Morgan fingerprint density at radius 2 is 1.04 bits per heavy atom. The van der Waals surface area contributed by atoms with Gasteiger partial charge in [-0.05, 0) is 0 Å². The topological polar surface area (TPSA) is 214 Å². The molecule has 0 aliphatic carbocycles. The number of carbonyl (C=O) groups is 2. The van der Waals surface area contributed by atoms with E-state index in [1.807, 2.05) is 0 Å². The van der Waals surface area contributed by atoms with Gasteiger partial charge in [0.25, 0.3) is 0 Å². The zero-order valence-electron chi connectivity index (χ0n) is 12.3. The molecule has 0 aromatic rings. The van der Waals surface area contributed by atoms with Crippen LogP contribution in [0.1, 0.15) is 0 Å². The van der Waals surface area contributed by atoms with E-state index in [2.05, 4.69) is 9.47 Å². The summed E-state index contributed by atoms with van der Waals surface area (Å²) in [5.41, 5.74) is 0. The van der Waals surface area contributed by atoms with Gasteiger partial charge in [-0.2, -0.15) is 0 Å². The molecule has 1 radical (unpaired) electrons. The van der Waals surface area contributed by atoms with Crippen LogP contribution in [0.2, 0.25) is 0 Å². The summed E-state index contributed by atoms with van der Waals surface area (Å²) in [6.07, 6.45) is -5.55. The molecular weight excluding hydrogens is 391 g/mol. The van der Waals surface area contributed by atoms with E-state index in [1.54, 1.807) is 0 Å². The number of esters is 2. The Morgan fingerprint density at radius 3 is 1.20 bits per heavy atom. The number of carbonyl (C=O) groups excluding carboxylic acids is 2. The molecule has 0 saturated heterocycles. The van der Waals surface area contributed by atoms with Crippen molar-refractivity contribution in [2.75, 3.05) is 13.2 Å². The van der Waals surface area contributed by atoms with Crippen molar-refractivity contribution in [2.45, 2.75) is 24.4 Å². The van der Waals surface area contributed by atoms with Crippen molar-refractivity contribution >= 4 is 11.9 Å². The molecule has 0 spiro atoms. The van der Waals surface area contributed by atoms with Crippen LogP contribution in [-0.4, -0.2) is 90.4 Å². The third kappa shape index (κ3) is 4.98. The summed E-state index contributed by atoms with van der Waals surface area (Å²) < 4.78 is 8.63. The molecule has 0 amide bonds. The van der Waals surface area contributed by atoms with Crippen molar-refractivity contribution in [3.05, 3.63) is 23.0 Å². The second-order valence-electron chi connectivity index (χ2n) is 4.62. The molecule has 0 fully saturated rings. The number of aliphatic hydroxyl groups is 8. The van der Waals surface area contributed by atoms with Crippen LogP contribution in [0.3, 0.4) is 0 Å². The first-order chi connectivity index (χ1) is 11.1. The minimum Gasteiger partial charge on any atom is -0.505 e. The van der Waals surface area contributed by atoms with E-state index < -0.39 is 72.6 Å². The maximum Gasteiger partial charge on any atom is 0.377 e. The fourth-order valence-electron chi connectivity index (χ4n) is 1.65. The van der Waals surface area contributed by atoms with Crippen LogP contribution in [0.4, 0.5) is 0 Å². The smallest absolute Gasteiger partial charge is 0.377 e. The van der Waals surface area contributed by atoms with Crippen molar-refractivity contribution in [3.8, 4) is 0 Å². The molecule has 0 saturated carbocycles. The first kappa shape index (κ1) is 23.0. The van der Waals surface area contributed by atoms with E-state index in [0.717, 1.165) is 0 Å². The molecule has 0 bridgehead atoms. The molecule has 2 heterocycles. The maximum atomic E-state index is 10.5. The first-order valence-corrected chi connectivity index (χ1v) is 6.39. The zero-order chi connectivity index (χ0) is 18.6. The van der Waals surface area contributed by atoms with Gasteiger partial charge >= 0.3 is 11.9 Å². The van der Waals surface area contributed by atoms with Gasteiger partial charge in [-0.15, -0.1) is 0 Å². The van der Waals surface area contributed by atoms with Gasteiger partial charge in [0.15, 0.2) is 23.7 Å². The predicted molar refractivity (Wildman–Crippen MR) is 70.5 cm³/mol. The molecule has 8 N–H and O–H groups in total. The van der Waals surface area contributed by atoms with Gasteiger partial charge in [0, 0.05) is 17.1 Å². The Bertz CT molecular complexity index is 520. The number of hydrogen-bond acceptors (Lipinski definition) is 12. The van der Waals surface area contributed by atoms with Crippen molar-refractivity contribution in [2.24, 2.45) is 0 Å². The second kappa shape index (κ2) is 9.46. The fraction of sp³-hybridized carbons (Fsp3) is 0.500. The molecule has 2 aliphatic heterocycles. The van der Waals surface area contributed by atoms with Crippen LogP contribution in [0.5, 0.6) is 0 Å². The summed E-state index contributed by atoms with van der Waals surface area (Å²) in [7, 11) is 0. The van der Waals surface area contributed by atoms with Gasteiger partial charge in [-0.1, -0.05) is 0 Å². The van der Waals surface area contributed by atoms with Crippen molar-refractivity contribution in [3.63, 3.8) is 0 Å². The quantitative estimate of drug-likeness (QED) is 0.175. The molecule has 143 valence electrons. The minimum atomic E-state index is -1.42. The Kier molecular flexibility index (Phi) is 8.69. The van der Waals surface area contributed by atoms with Crippen LogP contribution < -0.4 is 0 Å². The zero-order valence-corrected chi connectivity index (χ0v) is 13.5. The van der Waals surface area contributed by atoms with E-state index in [4.69, 9.17) is 40.9 Å². The third-order valence-electron chi connectivity index (χ3n) is 2.95. The second-order valence-corrected chi connectivity index (χ2v) is 4.62. The molecule has 2 rings (SSSR count). The monoisotopic (exact) mass is 407 g/mol. The predicted octanol–water partition coefficient (Wildman–Crippen LogP) is -2.82. The average molecular weight is 407 g/mol. The van der Waals surface area contributed by atoms with Crippen LogP contribution in [0, 0.1) is 0 Å². The summed E-state index contributed by atoms with van der Waals surface area (Å²) in [5.74, 6) is -5.56. The number of cyclic esters (lactones) is 2. The standard InChI is InChI=1S/2C6H8O6.Mn/c2*7-1-2(8)5-3(9)4(10)6(11)12-5;/h2*2,5,7-10H,1H2;/t2*2-,5+;/m00./s1. The van der Waals surface area contributed by atoms with Gasteiger partial charge < -0.3 is 50.3 Å². The number of aliphatic hydroxyl groups excluding tert-OH is 8. The summed E-state index contributed by atoms with van der Waals surface area (Å²) in [5, 5.41) is 70.1. The van der Waals surface area contributed by atoms with E-state index >= 15 is 0 Å². The molecular formula is C12H16MnO12. The molecule has 4 atom stereocenters. The van der Waals surface area contributed by atoms with Crippen LogP contribution in [-0.2, 0) is 36.1 Å². The Morgan fingerprint density at radius 1 is 0.760 bits per heavy atom. The molecule has 0 aromatic carbocycles. The summed E-state index contributed by atoms with van der Waals surface area (Å²) in [6.45, 7) is -1.34. The van der Waals surface area contributed by atoms with Gasteiger partial charge in [0.2, 0.25) is 11.5 Å². The molecule has 0 unspecified atom stereocenters. The molecule has 25 heavy (non-hydrogen) atoms. The Balaban J connectivity index is 0.000000443. The SMILES string of the molecule is O=C1O[C@H]([C@@H](O)CO)C(O)=C1O.O=C1O[C@H]([C@@H](O)CO)C(O)=C1O.[Mn].